The van der Waals surface area contributed by atoms with Gasteiger partial charge in [0.15, 0.2) is 0 Å². The van der Waals surface area contributed by atoms with Crippen LogP contribution in [0.25, 0.3) is 0 Å². The van der Waals surface area contributed by atoms with Crippen molar-refractivity contribution >= 4 is 11.7 Å². The Bertz CT molecular complexity index is 818. The molecule has 0 atom stereocenters. The van der Waals surface area contributed by atoms with E-state index in [0.29, 0.717) is 12.8 Å². The molecule has 25 heavy (non-hydrogen) atoms. The fourth-order valence-electron chi connectivity index (χ4n) is 2.62. The summed E-state index contributed by atoms with van der Waals surface area (Å²) in [6, 6.07) is 19.2. The van der Waals surface area contributed by atoms with Crippen LogP contribution in [0.1, 0.15) is 33.8 Å². The summed E-state index contributed by atoms with van der Waals surface area (Å²) in [5.41, 5.74) is 14.6. The van der Waals surface area contributed by atoms with Gasteiger partial charge in [-0.2, -0.15) is 0 Å². The minimum atomic E-state index is 0.0719. The van der Waals surface area contributed by atoms with Crippen molar-refractivity contribution in [3.8, 4) is 0 Å². The molecule has 5 heteroatoms. The molecule has 0 spiro atoms. The number of nitrogens with one attached hydrogen (secondary N) is 2. The number of nitrogen functional groups attached to an aromatic ring is 2. The van der Waals surface area contributed by atoms with E-state index in [4.69, 9.17) is 26.7 Å². The van der Waals surface area contributed by atoms with Crippen molar-refractivity contribution in [1.29, 1.82) is 10.8 Å². The number of benzene rings is 2. The van der Waals surface area contributed by atoms with Gasteiger partial charge in [-0.05, 0) is 23.3 Å². The van der Waals surface area contributed by atoms with Gasteiger partial charge in [0.2, 0.25) is 0 Å². The van der Waals surface area contributed by atoms with E-state index in [1.54, 1.807) is 0 Å². The first-order chi connectivity index (χ1) is 12.0. The number of hydrogen-bond donors (Lipinski definition) is 4. The van der Waals surface area contributed by atoms with Gasteiger partial charge in [0, 0.05) is 24.0 Å². The molecule has 0 saturated carbocycles. The molecule has 126 valence electrons. The lowest BCUT2D eigenvalue weighted by atomic mass is 10.1. The van der Waals surface area contributed by atoms with Crippen molar-refractivity contribution in [2.75, 3.05) is 0 Å². The van der Waals surface area contributed by atoms with Crippen LogP contribution < -0.4 is 11.5 Å². The molecular weight excluding hydrogens is 312 g/mol. The first kappa shape index (κ1) is 16.5. The molecule has 6 N–H and O–H groups in total. The van der Waals surface area contributed by atoms with Crippen LogP contribution in [0.5, 0.6) is 0 Å². The van der Waals surface area contributed by atoms with Crippen molar-refractivity contribution in [3.05, 3.63) is 94.4 Å². The molecule has 0 aliphatic carbocycles. The van der Waals surface area contributed by atoms with Crippen molar-refractivity contribution in [3.63, 3.8) is 0 Å². The maximum atomic E-state index is 7.41. The second-order valence-electron chi connectivity index (χ2n) is 5.94. The Hall–Kier alpha value is -3.34. The summed E-state index contributed by atoms with van der Waals surface area (Å²) >= 11 is 0. The van der Waals surface area contributed by atoms with Crippen LogP contribution in [0.15, 0.2) is 65.1 Å². The van der Waals surface area contributed by atoms with Gasteiger partial charge in [0.05, 0.1) is 0 Å². The van der Waals surface area contributed by atoms with E-state index < -0.39 is 0 Å². The van der Waals surface area contributed by atoms with Crippen LogP contribution >= 0.6 is 0 Å². The third-order valence-corrected chi connectivity index (χ3v) is 4.00. The Morgan fingerprint density at radius 2 is 1.00 bits per heavy atom. The van der Waals surface area contributed by atoms with Gasteiger partial charge in [-0.1, -0.05) is 48.5 Å². The SMILES string of the molecule is N=C(N)c1ccc(Cc2ccc(Cc3ccc(C(=N)N)cc3)o2)cc1. The highest BCUT2D eigenvalue weighted by Crippen LogP contribution is 2.17. The normalized spacial score (nSPS) is 10.6. The van der Waals surface area contributed by atoms with Crippen molar-refractivity contribution in [1.82, 2.24) is 0 Å². The predicted molar refractivity (Wildman–Crippen MR) is 99.2 cm³/mol. The molecule has 1 aromatic heterocycles. The van der Waals surface area contributed by atoms with E-state index in [9.17, 15) is 0 Å². The molecule has 0 fully saturated rings. The second-order valence-corrected chi connectivity index (χ2v) is 5.94. The zero-order valence-electron chi connectivity index (χ0n) is 13.8. The molecule has 0 aliphatic rings. The third kappa shape index (κ3) is 4.14. The number of hydrogen-bond acceptors (Lipinski definition) is 3. The Labute approximate surface area is 146 Å². The smallest absolute Gasteiger partial charge is 0.122 e. The van der Waals surface area contributed by atoms with Gasteiger partial charge in [-0.15, -0.1) is 0 Å². The summed E-state index contributed by atoms with van der Waals surface area (Å²) in [7, 11) is 0. The van der Waals surface area contributed by atoms with E-state index in [1.165, 1.54) is 0 Å². The summed E-state index contributed by atoms with van der Waals surface area (Å²) in [4.78, 5) is 0. The fourth-order valence-corrected chi connectivity index (χ4v) is 2.62. The van der Waals surface area contributed by atoms with Gasteiger partial charge in [-0.3, -0.25) is 10.8 Å². The molecule has 1 heterocycles. The highest BCUT2D eigenvalue weighted by molar-refractivity contribution is 5.95. The molecule has 0 unspecified atom stereocenters. The van der Waals surface area contributed by atoms with Crippen LogP contribution in [0.2, 0.25) is 0 Å². The van der Waals surface area contributed by atoms with E-state index >= 15 is 0 Å². The van der Waals surface area contributed by atoms with E-state index in [0.717, 1.165) is 33.8 Å². The van der Waals surface area contributed by atoms with Gasteiger partial charge >= 0.3 is 0 Å². The molecule has 0 radical (unpaired) electrons. The third-order valence-electron chi connectivity index (χ3n) is 4.00. The summed E-state index contributed by atoms with van der Waals surface area (Å²) < 4.78 is 5.91. The quantitative estimate of drug-likeness (QED) is 0.411. The largest absolute Gasteiger partial charge is 0.465 e. The van der Waals surface area contributed by atoms with Gasteiger partial charge < -0.3 is 15.9 Å². The Balaban J connectivity index is 1.65. The van der Waals surface area contributed by atoms with E-state index in [-0.39, 0.29) is 11.7 Å². The minimum absolute atomic E-state index is 0.0719. The Morgan fingerprint density at radius 3 is 1.32 bits per heavy atom. The lowest BCUT2D eigenvalue weighted by Gasteiger charge is -2.03. The van der Waals surface area contributed by atoms with Gasteiger partial charge in [0.1, 0.15) is 23.2 Å². The molecule has 3 aromatic rings. The highest BCUT2D eigenvalue weighted by Gasteiger charge is 2.06. The molecule has 3 rings (SSSR count). The van der Waals surface area contributed by atoms with Crippen molar-refractivity contribution < 1.29 is 4.42 Å². The number of nitrogens with two attached hydrogens (primary N) is 2. The first-order valence-corrected chi connectivity index (χ1v) is 7.95. The monoisotopic (exact) mass is 332 g/mol. The van der Waals surface area contributed by atoms with Crippen LogP contribution in [0, 0.1) is 10.8 Å². The topological polar surface area (TPSA) is 113 Å². The van der Waals surface area contributed by atoms with Crippen LogP contribution in [-0.4, -0.2) is 11.7 Å². The van der Waals surface area contributed by atoms with Crippen LogP contribution in [0.4, 0.5) is 0 Å². The minimum Gasteiger partial charge on any atom is -0.465 e. The van der Waals surface area contributed by atoms with E-state index in [2.05, 4.69) is 0 Å². The maximum Gasteiger partial charge on any atom is 0.122 e. The molecule has 0 aliphatic heterocycles. The molecule has 2 aromatic carbocycles. The number of rotatable bonds is 6. The Kier molecular flexibility index (Phi) is 4.66. The molecule has 0 bridgehead atoms. The fraction of sp³-hybridized carbons (Fsp3) is 0.100. The van der Waals surface area contributed by atoms with Crippen LogP contribution in [-0.2, 0) is 12.8 Å². The summed E-state index contributed by atoms with van der Waals surface area (Å²) in [6.07, 6.45) is 1.39. The Morgan fingerprint density at radius 1 is 0.640 bits per heavy atom. The average molecular weight is 332 g/mol. The van der Waals surface area contributed by atoms with Crippen LogP contribution in [0.3, 0.4) is 0 Å². The highest BCUT2D eigenvalue weighted by atomic mass is 16.3. The number of amidine groups is 2. The second kappa shape index (κ2) is 7.05. The first-order valence-electron chi connectivity index (χ1n) is 7.95. The molecule has 5 nitrogen and oxygen atoms in total. The summed E-state index contributed by atoms with van der Waals surface area (Å²) in [5.74, 6) is 1.93. The standard InChI is InChI=1S/C20H20N4O/c21-19(22)15-5-1-13(2-6-15)11-17-9-10-18(25-17)12-14-3-7-16(8-4-14)20(23)24/h1-10H,11-12H2,(H3,21,22)(H3,23,24). The van der Waals surface area contributed by atoms with Gasteiger partial charge in [0.25, 0.3) is 0 Å². The van der Waals surface area contributed by atoms with Crippen molar-refractivity contribution in [2.24, 2.45) is 11.5 Å². The summed E-state index contributed by atoms with van der Waals surface area (Å²) in [5, 5.41) is 14.8. The maximum absolute atomic E-state index is 7.41. The number of furan rings is 1. The van der Waals surface area contributed by atoms with E-state index in [1.807, 2.05) is 60.7 Å². The lowest BCUT2D eigenvalue weighted by Crippen LogP contribution is -2.10. The lowest BCUT2D eigenvalue weighted by molar-refractivity contribution is 0.482. The summed E-state index contributed by atoms with van der Waals surface area (Å²) in [6.45, 7) is 0. The molecule has 0 saturated heterocycles. The zero-order valence-corrected chi connectivity index (χ0v) is 13.8. The predicted octanol–water partition coefficient (Wildman–Crippen LogP) is 3.03. The molecular formula is C20H20N4O. The van der Waals surface area contributed by atoms with Crippen molar-refractivity contribution in [2.45, 2.75) is 12.8 Å². The average Bonchev–Trinajstić information content (AvgIpc) is 3.02. The van der Waals surface area contributed by atoms with Gasteiger partial charge in [-0.25, -0.2) is 0 Å². The molecule has 0 amide bonds. The zero-order chi connectivity index (χ0) is 17.8.